The van der Waals surface area contributed by atoms with Crippen molar-refractivity contribution in [1.82, 2.24) is 9.97 Å². The maximum Gasteiger partial charge on any atom is 0.0965 e. The van der Waals surface area contributed by atoms with Crippen LogP contribution in [0.3, 0.4) is 0 Å². The highest BCUT2D eigenvalue weighted by atomic mass is 14.7. The van der Waals surface area contributed by atoms with Crippen LogP contribution in [0.4, 0.5) is 0 Å². The first kappa shape index (κ1) is 9.04. The van der Waals surface area contributed by atoms with Gasteiger partial charge in [0.2, 0.25) is 0 Å². The number of nitrogens with zero attached hydrogens (tertiary/aromatic N) is 2. The molecule has 0 aliphatic carbocycles. The largest absolute Gasteiger partial charge is 0.255 e. The summed E-state index contributed by atoms with van der Waals surface area (Å²) in [6.07, 6.45) is 3.59. The van der Waals surface area contributed by atoms with Crippen LogP contribution < -0.4 is 0 Å². The zero-order valence-corrected chi connectivity index (χ0v) is 8.59. The summed E-state index contributed by atoms with van der Waals surface area (Å²) >= 11 is 0. The molecule has 0 saturated carbocycles. The molecule has 2 heteroatoms. The minimum absolute atomic E-state index is 0.914. The van der Waals surface area contributed by atoms with Gasteiger partial charge in [0, 0.05) is 18.0 Å². The molecule has 0 amide bonds. The summed E-state index contributed by atoms with van der Waals surface area (Å²) in [6, 6.07) is 16.9. The highest BCUT2D eigenvalue weighted by Crippen LogP contribution is 2.24. The van der Waals surface area contributed by atoms with Crippen molar-refractivity contribution >= 4 is 11.0 Å². The first-order valence-corrected chi connectivity index (χ1v) is 5.12. The van der Waals surface area contributed by atoms with Crippen molar-refractivity contribution in [3.63, 3.8) is 0 Å². The molecule has 2 heterocycles. The van der Waals surface area contributed by atoms with Gasteiger partial charge >= 0.3 is 0 Å². The average molecular weight is 205 g/mol. The minimum atomic E-state index is 0.914. The Labute approximate surface area is 93.6 Å². The molecule has 0 saturated heterocycles. The molecule has 0 atom stereocenters. The predicted molar refractivity (Wildman–Crippen MR) is 63.8 cm³/mol. The zero-order chi connectivity index (χ0) is 10.8. The number of rotatable bonds is 1. The molecule has 0 bridgehead atoms. The molecule has 0 N–H and O–H groups in total. The third kappa shape index (κ3) is 1.44. The molecule has 0 spiro atoms. The molecule has 75 valence electrons. The smallest absolute Gasteiger partial charge is 0.0965 e. The van der Waals surface area contributed by atoms with E-state index in [4.69, 9.17) is 0 Å². The Morgan fingerprint density at radius 1 is 0.875 bits per heavy atom. The van der Waals surface area contributed by atoms with E-state index < -0.39 is 0 Å². The number of pyridine rings is 2. The van der Waals surface area contributed by atoms with Crippen LogP contribution >= 0.6 is 0 Å². The monoisotopic (exact) mass is 205 g/mol. The molecular formula is C14H9N2. The molecule has 0 unspecified atom stereocenters. The van der Waals surface area contributed by atoms with Gasteiger partial charge in [0.15, 0.2) is 0 Å². The van der Waals surface area contributed by atoms with Crippen molar-refractivity contribution in [3.05, 3.63) is 60.9 Å². The fourth-order valence-corrected chi connectivity index (χ4v) is 1.76. The minimum Gasteiger partial charge on any atom is -0.255 e. The van der Waals surface area contributed by atoms with Crippen LogP contribution in [0.15, 0.2) is 54.9 Å². The van der Waals surface area contributed by atoms with Crippen LogP contribution in [0.5, 0.6) is 0 Å². The highest BCUT2D eigenvalue weighted by molar-refractivity contribution is 5.90. The number of hydrogen-bond acceptors (Lipinski definition) is 2. The Balaban J connectivity index is 2.32. The maximum absolute atomic E-state index is 4.38. The van der Waals surface area contributed by atoms with E-state index in [-0.39, 0.29) is 0 Å². The SMILES string of the molecule is [c]1ccccc1-c1ccnc2cccnc12. The standard InChI is InChI=1S/C14H9N2/c1-2-5-11(6-3-1)12-8-10-15-13-7-4-9-16-14(12)13/h1-5,7-10H. The predicted octanol–water partition coefficient (Wildman–Crippen LogP) is 3.10. The van der Waals surface area contributed by atoms with E-state index in [9.17, 15) is 0 Å². The fourth-order valence-electron chi connectivity index (χ4n) is 1.76. The number of fused-ring (bicyclic) bond motifs is 1. The van der Waals surface area contributed by atoms with Crippen LogP contribution in [0, 0.1) is 6.07 Å². The van der Waals surface area contributed by atoms with E-state index in [1.807, 2.05) is 42.5 Å². The summed E-state index contributed by atoms with van der Waals surface area (Å²) in [7, 11) is 0. The second-order valence-corrected chi connectivity index (χ2v) is 3.51. The van der Waals surface area contributed by atoms with Gasteiger partial charge in [-0.1, -0.05) is 24.3 Å². The van der Waals surface area contributed by atoms with Crippen LogP contribution in [0.25, 0.3) is 22.2 Å². The Hall–Kier alpha value is -2.22. The number of hydrogen-bond donors (Lipinski definition) is 0. The van der Waals surface area contributed by atoms with E-state index >= 15 is 0 Å². The lowest BCUT2D eigenvalue weighted by molar-refractivity contribution is 1.34. The normalized spacial score (nSPS) is 10.5. The third-order valence-corrected chi connectivity index (χ3v) is 2.50. The van der Waals surface area contributed by atoms with Crippen LogP contribution in [-0.2, 0) is 0 Å². The summed E-state index contributed by atoms with van der Waals surface area (Å²) in [4.78, 5) is 8.67. The van der Waals surface area contributed by atoms with E-state index in [0.717, 1.165) is 22.2 Å². The highest BCUT2D eigenvalue weighted by Gasteiger charge is 2.04. The Morgan fingerprint density at radius 2 is 1.88 bits per heavy atom. The van der Waals surface area contributed by atoms with Crippen LogP contribution in [0.1, 0.15) is 0 Å². The number of benzene rings is 1. The van der Waals surface area contributed by atoms with Crippen molar-refractivity contribution in [1.29, 1.82) is 0 Å². The van der Waals surface area contributed by atoms with Gasteiger partial charge in [0.1, 0.15) is 0 Å². The van der Waals surface area contributed by atoms with Gasteiger partial charge in [0.05, 0.1) is 11.0 Å². The van der Waals surface area contributed by atoms with Gasteiger partial charge in [0.25, 0.3) is 0 Å². The summed E-state index contributed by atoms with van der Waals surface area (Å²) in [6.45, 7) is 0. The first-order chi connectivity index (χ1) is 7.95. The topological polar surface area (TPSA) is 25.8 Å². The van der Waals surface area contributed by atoms with Gasteiger partial charge < -0.3 is 0 Å². The third-order valence-electron chi connectivity index (χ3n) is 2.50. The molecule has 0 aliphatic heterocycles. The summed E-state index contributed by atoms with van der Waals surface area (Å²) in [5.74, 6) is 0. The van der Waals surface area contributed by atoms with Crippen LogP contribution in [-0.4, -0.2) is 9.97 Å². The average Bonchev–Trinajstić information content (AvgIpc) is 2.39. The van der Waals surface area contributed by atoms with Crippen molar-refractivity contribution in [2.75, 3.05) is 0 Å². The molecule has 2 aromatic heterocycles. The zero-order valence-electron chi connectivity index (χ0n) is 8.59. The molecule has 0 aliphatic rings. The van der Waals surface area contributed by atoms with Crippen molar-refractivity contribution in [2.24, 2.45) is 0 Å². The van der Waals surface area contributed by atoms with Crippen molar-refractivity contribution < 1.29 is 0 Å². The number of aromatic nitrogens is 2. The van der Waals surface area contributed by atoms with Gasteiger partial charge in [-0.3, -0.25) is 9.97 Å². The summed E-state index contributed by atoms with van der Waals surface area (Å²) in [5, 5.41) is 0. The lowest BCUT2D eigenvalue weighted by Gasteiger charge is -2.03. The lowest BCUT2D eigenvalue weighted by atomic mass is 10.1. The Morgan fingerprint density at radius 3 is 2.75 bits per heavy atom. The van der Waals surface area contributed by atoms with Gasteiger partial charge in [-0.05, 0) is 29.8 Å². The molecule has 3 rings (SSSR count). The van der Waals surface area contributed by atoms with Crippen LogP contribution in [0.2, 0.25) is 0 Å². The van der Waals surface area contributed by atoms with Gasteiger partial charge in [-0.25, -0.2) is 0 Å². The molecule has 1 aromatic carbocycles. The van der Waals surface area contributed by atoms with Gasteiger partial charge in [-0.2, -0.15) is 0 Å². The molecule has 16 heavy (non-hydrogen) atoms. The van der Waals surface area contributed by atoms with Gasteiger partial charge in [-0.15, -0.1) is 0 Å². The molecule has 1 radical (unpaired) electrons. The Bertz CT molecular complexity index is 612. The molecule has 0 fully saturated rings. The maximum atomic E-state index is 4.38. The molecule has 3 aromatic rings. The van der Waals surface area contributed by atoms with E-state index in [1.54, 1.807) is 12.4 Å². The van der Waals surface area contributed by atoms with Crippen molar-refractivity contribution in [3.8, 4) is 11.1 Å². The first-order valence-electron chi connectivity index (χ1n) is 5.12. The fraction of sp³-hybridized carbons (Fsp3) is 0. The quantitative estimate of drug-likeness (QED) is 0.610. The summed E-state index contributed by atoms with van der Waals surface area (Å²) in [5.41, 5.74) is 3.96. The van der Waals surface area contributed by atoms with E-state index in [0.29, 0.717) is 0 Å². The second kappa shape index (κ2) is 3.74. The van der Waals surface area contributed by atoms with E-state index in [2.05, 4.69) is 16.0 Å². The Kier molecular flexibility index (Phi) is 2.11. The second-order valence-electron chi connectivity index (χ2n) is 3.51. The molecule has 2 nitrogen and oxygen atoms in total. The molecular weight excluding hydrogens is 196 g/mol. The summed E-state index contributed by atoms with van der Waals surface area (Å²) < 4.78 is 0. The van der Waals surface area contributed by atoms with Crippen molar-refractivity contribution in [2.45, 2.75) is 0 Å². The van der Waals surface area contributed by atoms with E-state index in [1.165, 1.54) is 0 Å². The lowest BCUT2D eigenvalue weighted by Crippen LogP contribution is -1.86.